The molecule has 4 rings (SSSR count). The number of fused-ring (bicyclic) bond motifs is 1. The summed E-state index contributed by atoms with van der Waals surface area (Å²) in [7, 11) is 1.81. The van der Waals surface area contributed by atoms with Gasteiger partial charge in [-0.1, -0.05) is 0 Å². The van der Waals surface area contributed by atoms with Gasteiger partial charge in [0.25, 0.3) is 5.91 Å². The maximum Gasteiger partial charge on any atom is 0.257 e. The number of likely N-dealkylation sites (tertiary alicyclic amines) is 2. The third-order valence-corrected chi connectivity index (χ3v) is 5.81. The maximum absolute atomic E-state index is 13.0. The molecule has 0 spiro atoms. The Hall–Kier alpha value is -1.33. The second-order valence-electron chi connectivity index (χ2n) is 7.34. The first-order valence-electron chi connectivity index (χ1n) is 8.77. The molecule has 5 heteroatoms. The van der Waals surface area contributed by atoms with E-state index in [1.54, 1.807) is 12.3 Å². The summed E-state index contributed by atoms with van der Waals surface area (Å²) in [5.41, 5.74) is 0.709. The summed E-state index contributed by atoms with van der Waals surface area (Å²) in [6, 6.07) is 2.07. The number of rotatable bonds is 4. The fraction of sp³-hybridized carbons (Fsp3) is 0.722. The number of amides is 1. The summed E-state index contributed by atoms with van der Waals surface area (Å²) in [6.07, 6.45) is 5.55. The molecule has 1 amide bonds. The Morgan fingerprint density at radius 1 is 1.35 bits per heavy atom. The van der Waals surface area contributed by atoms with E-state index < -0.39 is 0 Å². The molecule has 2 aliphatic heterocycles. The van der Waals surface area contributed by atoms with E-state index >= 15 is 0 Å². The lowest BCUT2D eigenvalue weighted by Crippen LogP contribution is -2.53. The number of carbonyl (C=O) groups excluding carboxylic acids is 1. The Morgan fingerprint density at radius 3 is 2.83 bits per heavy atom. The normalized spacial score (nSPS) is 31.4. The molecule has 1 aromatic heterocycles. The molecule has 1 aliphatic carbocycles. The molecule has 0 radical (unpaired) electrons. The minimum atomic E-state index is 0.120. The van der Waals surface area contributed by atoms with E-state index in [0.717, 1.165) is 32.0 Å². The van der Waals surface area contributed by atoms with E-state index in [-0.39, 0.29) is 18.1 Å². The van der Waals surface area contributed by atoms with Crippen molar-refractivity contribution in [1.29, 1.82) is 0 Å². The molecule has 0 bridgehead atoms. The molecule has 3 heterocycles. The number of hydrogen-bond donors (Lipinski definition) is 0. The van der Waals surface area contributed by atoms with Gasteiger partial charge in [0.15, 0.2) is 0 Å². The number of piperidine rings is 1. The summed E-state index contributed by atoms with van der Waals surface area (Å²) in [4.78, 5) is 17.6. The lowest BCUT2D eigenvalue weighted by molar-refractivity contribution is -0.0157. The smallest absolute Gasteiger partial charge is 0.257 e. The molecule has 0 N–H and O–H groups in total. The van der Waals surface area contributed by atoms with E-state index in [9.17, 15) is 4.79 Å². The summed E-state index contributed by atoms with van der Waals surface area (Å²) < 4.78 is 11.1. The van der Waals surface area contributed by atoms with Crippen molar-refractivity contribution < 1.29 is 13.9 Å². The predicted molar refractivity (Wildman–Crippen MR) is 86.3 cm³/mol. The lowest BCUT2D eigenvalue weighted by atomic mass is 9.88. The van der Waals surface area contributed by atoms with Gasteiger partial charge in [-0.2, -0.15) is 0 Å². The molecular formula is C18H26N2O3. The van der Waals surface area contributed by atoms with Crippen molar-refractivity contribution in [2.75, 3.05) is 33.3 Å². The van der Waals surface area contributed by atoms with Crippen molar-refractivity contribution in [3.05, 3.63) is 23.7 Å². The minimum Gasteiger partial charge on any atom is -0.469 e. The molecule has 3 fully saturated rings. The molecule has 1 saturated carbocycles. The molecule has 2 saturated heterocycles. The molecule has 0 unspecified atom stereocenters. The Morgan fingerprint density at radius 2 is 2.17 bits per heavy atom. The Bertz CT molecular complexity index is 581. The molecule has 126 valence electrons. The van der Waals surface area contributed by atoms with Gasteiger partial charge in [-0.15, -0.1) is 0 Å². The van der Waals surface area contributed by atoms with Gasteiger partial charge in [0.2, 0.25) is 0 Å². The Kier molecular flexibility index (Phi) is 3.93. The van der Waals surface area contributed by atoms with Gasteiger partial charge in [-0.3, -0.25) is 4.79 Å². The zero-order chi connectivity index (χ0) is 16.0. The zero-order valence-electron chi connectivity index (χ0n) is 14.0. The van der Waals surface area contributed by atoms with Crippen LogP contribution < -0.4 is 0 Å². The fourth-order valence-electron chi connectivity index (χ4n) is 4.36. The SMILES string of the molecule is CO[C@@H]1CCN(C(=O)c2ccoc2C)[C@H]2CN(CC3CC3)C[C@@H]12. The van der Waals surface area contributed by atoms with Crippen LogP contribution in [-0.2, 0) is 4.74 Å². The van der Waals surface area contributed by atoms with Gasteiger partial charge >= 0.3 is 0 Å². The zero-order valence-corrected chi connectivity index (χ0v) is 14.0. The second-order valence-corrected chi connectivity index (χ2v) is 7.34. The second kappa shape index (κ2) is 5.95. The largest absolute Gasteiger partial charge is 0.469 e. The van der Waals surface area contributed by atoms with Gasteiger partial charge < -0.3 is 19.0 Å². The third-order valence-electron chi connectivity index (χ3n) is 5.81. The van der Waals surface area contributed by atoms with E-state index in [1.165, 1.54) is 19.4 Å². The standard InChI is InChI=1S/C18H26N2O3/c1-12-14(6-8-23-12)18(21)20-7-5-17(22-2)15-10-19(11-16(15)20)9-13-3-4-13/h6,8,13,15-17H,3-5,7,9-11H2,1-2H3/t15-,16+,17-/m1/s1. The number of hydrogen-bond acceptors (Lipinski definition) is 4. The number of aryl methyl sites for hydroxylation is 1. The molecule has 0 aromatic carbocycles. The van der Waals surface area contributed by atoms with Crippen LogP contribution in [-0.4, -0.2) is 61.1 Å². The quantitative estimate of drug-likeness (QED) is 0.853. The Balaban J connectivity index is 1.53. The number of carbonyl (C=O) groups is 1. The predicted octanol–water partition coefficient (Wildman–Crippen LogP) is 2.16. The van der Waals surface area contributed by atoms with Crippen LogP contribution in [0.5, 0.6) is 0 Å². The highest BCUT2D eigenvalue weighted by atomic mass is 16.5. The summed E-state index contributed by atoms with van der Waals surface area (Å²) in [5, 5.41) is 0. The van der Waals surface area contributed by atoms with Gasteiger partial charge in [-0.25, -0.2) is 0 Å². The maximum atomic E-state index is 13.0. The van der Waals surface area contributed by atoms with E-state index in [0.29, 0.717) is 17.2 Å². The van der Waals surface area contributed by atoms with Crippen LogP contribution in [0.2, 0.25) is 0 Å². The van der Waals surface area contributed by atoms with Crippen LogP contribution in [0.15, 0.2) is 16.7 Å². The molecule has 3 atom stereocenters. The van der Waals surface area contributed by atoms with Crippen molar-refractivity contribution in [1.82, 2.24) is 9.80 Å². The summed E-state index contributed by atoms with van der Waals surface area (Å²) in [6.45, 7) is 5.88. The van der Waals surface area contributed by atoms with Crippen LogP contribution in [0.3, 0.4) is 0 Å². The van der Waals surface area contributed by atoms with Gasteiger partial charge in [0.05, 0.1) is 24.0 Å². The fourth-order valence-corrected chi connectivity index (χ4v) is 4.36. The number of furan rings is 1. The van der Waals surface area contributed by atoms with Crippen molar-refractivity contribution in [3.63, 3.8) is 0 Å². The molecule has 3 aliphatic rings. The van der Waals surface area contributed by atoms with Crippen molar-refractivity contribution >= 4 is 5.91 Å². The number of methoxy groups -OCH3 is 1. The number of nitrogens with zero attached hydrogens (tertiary/aromatic N) is 2. The highest BCUT2D eigenvalue weighted by Gasteiger charge is 2.47. The van der Waals surface area contributed by atoms with Crippen LogP contribution in [0.1, 0.15) is 35.4 Å². The third kappa shape index (κ3) is 2.81. The highest BCUT2D eigenvalue weighted by molar-refractivity contribution is 5.95. The van der Waals surface area contributed by atoms with Crippen molar-refractivity contribution in [2.45, 2.75) is 38.3 Å². The van der Waals surface area contributed by atoms with Crippen LogP contribution in [0.4, 0.5) is 0 Å². The average Bonchev–Trinajstić information content (AvgIpc) is 3.08. The van der Waals surface area contributed by atoms with Crippen LogP contribution in [0, 0.1) is 18.8 Å². The van der Waals surface area contributed by atoms with Crippen molar-refractivity contribution in [2.24, 2.45) is 11.8 Å². The molecule has 1 aromatic rings. The minimum absolute atomic E-state index is 0.120. The van der Waals surface area contributed by atoms with Gasteiger partial charge in [-0.05, 0) is 38.2 Å². The average molecular weight is 318 g/mol. The van der Waals surface area contributed by atoms with E-state index in [2.05, 4.69) is 9.80 Å². The highest BCUT2D eigenvalue weighted by Crippen LogP contribution is 2.37. The van der Waals surface area contributed by atoms with E-state index in [4.69, 9.17) is 9.15 Å². The number of ether oxygens (including phenoxy) is 1. The van der Waals surface area contributed by atoms with Crippen LogP contribution in [0.25, 0.3) is 0 Å². The monoisotopic (exact) mass is 318 g/mol. The molecular weight excluding hydrogens is 292 g/mol. The lowest BCUT2D eigenvalue weighted by Gasteiger charge is -2.41. The first-order chi connectivity index (χ1) is 11.2. The van der Waals surface area contributed by atoms with E-state index in [1.807, 2.05) is 14.0 Å². The first kappa shape index (κ1) is 15.2. The first-order valence-corrected chi connectivity index (χ1v) is 8.77. The van der Waals surface area contributed by atoms with Crippen molar-refractivity contribution in [3.8, 4) is 0 Å². The van der Waals surface area contributed by atoms with Gasteiger partial charge in [0, 0.05) is 39.2 Å². The summed E-state index contributed by atoms with van der Waals surface area (Å²) >= 11 is 0. The van der Waals surface area contributed by atoms with Gasteiger partial charge in [0.1, 0.15) is 5.76 Å². The molecule has 23 heavy (non-hydrogen) atoms. The topological polar surface area (TPSA) is 45.9 Å². The summed E-state index contributed by atoms with van der Waals surface area (Å²) in [5.74, 6) is 2.15. The molecule has 5 nitrogen and oxygen atoms in total. The van der Waals surface area contributed by atoms with Crippen LogP contribution >= 0.6 is 0 Å². The Labute approximate surface area is 137 Å².